The Morgan fingerprint density at radius 1 is 1.45 bits per heavy atom. The summed E-state index contributed by atoms with van der Waals surface area (Å²) in [6.07, 6.45) is 6.43. The summed E-state index contributed by atoms with van der Waals surface area (Å²) in [6, 6.07) is 7.65. The minimum Gasteiger partial charge on any atom is -0.611 e. The third-order valence-electron chi connectivity index (χ3n) is 5.47. The van der Waals surface area contributed by atoms with Crippen LogP contribution in [0.3, 0.4) is 0 Å². The lowest BCUT2D eigenvalue weighted by Gasteiger charge is -2.27. The monoisotopic (exact) mass is 482 g/mol. The van der Waals surface area contributed by atoms with Crippen molar-refractivity contribution in [3.63, 3.8) is 0 Å². The van der Waals surface area contributed by atoms with Crippen LogP contribution in [-0.4, -0.2) is 50.7 Å². The number of allylic oxidation sites excluding steroid dienone is 1. The second-order valence-corrected chi connectivity index (χ2v) is 10.6. The van der Waals surface area contributed by atoms with E-state index < -0.39 is 11.2 Å². The summed E-state index contributed by atoms with van der Waals surface area (Å²) in [6.45, 7) is 5.69. The van der Waals surface area contributed by atoms with Crippen molar-refractivity contribution in [1.82, 2.24) is 15.3 Å². The van der Waals surface area contributed by atoms with Crippen LogP contribution < -0.4 is 11.1 Å². The van der Waals surface area contributed by atoms with E-state index in [9.17, 15) is 4.55 Å². The van der Waals surface area contributed by atoms with E-state index in [2.05, 4.69) is 27.0 Å². The summed E-state index contributed by atoms with van der Waals surface area (Å²) in [4.78, 5) is 18.2. The topological polar surface area (TPSA) is 132 Å². The van der Waals surface area contributed by atoms with Gasteiger partial charge in [0.2, 0.25) is 10.2 Å². The van der Waals surface area contributed by atoms with Gasteiger partial charge in [-0.05, 0) is 56.7 Å². The van der Waals surface area contributed by atoms with E-state index in [-0.39, 0.29) is 11.9 Å². The van der Waals surface area contributed by atoms with Gasteiger partial charge in [0, 0.05) is 41.1 Å². The van der Waals surface area contributed by atoms with Gasteiger partial charge in [0.15, 0.2) is 0 Å². The summed E-state index contributed by atoms with van der Waals surface area (Å²) in [5.41, 5.74) is 10.2. The normalized spacial score (nSPS) is 16.0. The predicted octanol–water partition coefficient (Wildman–Crippen LogP) is 3.60. The molecule has 1 unspecified atom stereocenters. The van der Waals surface area contributed by atoms with Crippen LogP contribution in [0.1, 0.15) is 31.9 Å². The predicted molar refractivity (Wildman–Crippen MR) is 137 cm³/mol. The molecule has 172 valence electrons. The van der Waals surface area contributed by atoms with E-state index in [4.69, 9.17) is 15.8 Å². The molecule has 0 aliphatic heterocycles. The highest BCUT2D eigenvalue weighted by Crippen LogP contribution is 2.45. The van der Waals surface area contributed by atoms with Crippen molar-refractivity contribution in [3.05, 3.63) is 42.4 Å². The maximum atomic E-state index is 13.1. The third kappa shape index (κ3) is 4.93. The number of nitrogens with one attached hydrogen (secondary N) is 1. The standard InChI is InChI=1S/C23H26N6O2S2/c1-14(13-28-23(25-2)27-10-11-30)18-12-16(17-8-3-4-9-26-17)19-20(24)22(32-21(19)29-18)33(31)15-6-5-7-15/h3-4,8-9,12-13,15,30H,2,5-7,10-11,24H2,1H3,(H,27,28)/b14-13+. The van der Waals surface area contributed by atoms with Crippen LogP contribution in [0.5, 0.6) is 0 Å². The number of nitrogens with zero attached hydrogens (tertiary/aromatic N) is 4. The number of rotatable bonds is 7. The Balaban J connectivity index is 1.82. The van der Waals surface area contributed by atoms with Gasteiger partial charge < -0.3 is 20.7 Å². The second-order valence-electron chi connectivity index (χ2n) is 7.68. The summed E-state index contributed by atoms with van der Waals surface area (Å²) < 4.78 is 13.8. The molecule has 4 N–H and O–H groups in total. The zero-order chi connectivity index (χ0) is 23.4. The molecular formula is C23H26N6O2S2. The quantitative estimate of drug-likeness (QED) is 0.268. The van der Waals surface area contributed by atoms with E-state index in [1.807, 2.05) is 31.2 Å². The minimum absolute atomic E-state index is 0.0345. The Morgan fingerprint density at radius 3 is 2.91 bits per heavy atom. The molecule has 33 heavy (non-hydrogen) atoms. The molecule has 0 saturated heterocycles. The number of hydrogen-bond donors (Lipinski definition) is 3. The van der Waals surface area contributed by atoms with Gasteiger partial charge in [-0.3, -0.25) is 4.98 Å². The highest BCUT2D eigenvalue weighted by Gasteiger charge is 2.35. The average molecular weight is 483 g/mol. The molecule has 0 radical (unpaired) electrons. The lowest BCUT2D eigenvalue weighted by atomic mass is 10.00. The number of thiophene rings is 1. The first-order chi connectivity index (χ1) is 16.0. The molecule has 1 aliphatic rings. The molecule has 0 bridgehead atoms. The lowest BCUT2D eigenvalue weighted by molar-refractivity contribution is 0.300. The first kappa shape index (κ1) is 23.4. The van der Waals surface area contributed by atoms with Crippen molar-refractivity contribution >= 4 is 56.7 Å². The number of aliphatic hydroxyl groups is 1. The lowest BCUT2D eigenvalue weighted by Crippen LogP contribution is -2.28. The van der Waals surface area contributed by atoms with Crippen LogP contribution >= 0.6 is 11.3 Å². The van der Waals surface area contributed by atoms with Crippen molar-refractivity contribution < 1.29 is 9.66 Å². The number of guanidine groups is 1. The number of aliphatic hydroxyl groups excluding tert-OH is 1. The molecule has 1 aliphatic carbocycles. The molecule has 3 heterocycles. The molecule has 8 nitrogen and oxygen atoms in total. The van der Waals surface area contributed by atoms with Crippen LogP contribution in [0.25, 0.3) is 27.0 Å². The molecule has 4 rings (SSSR count). The highest BCUT2D eigenvalue weighted by molar-refractivity contribution is 7.94. The Morgan fingerprint density at radius 2 is 2.27 bits per heavy atom. The zero-order valence-corrected chi connectivity index (χ0v) is 20.0. The second kappa shape index (κ2) is 10.4. The van der Waals surface area contributed by atoms with Gasteiger partial charge in [0.25, 0.3) is 0 Å². The highest BCUT2D eigenvalue weighted by atomic mass is 32.2. The fourth-order valence-electron chi connectivity index (χ4n) is 3.45. The Kier molecular flexibility index (Phi) is 7.39. The van der Waals surface area contributed by atoms with Crippen LogP contribution in [0.2, 0.25) is 0 Å². The number of aromatic nitrogens is 2. The van der Waals surface area contributed by atoms with Crippen LogP contribution in [0, 0.1) is 0 Å². The Labute approximate surface area is 199 Å². The van der Waals surface area contributed by atoms with Crippen molar-refractivity contribution in [2.45, 2.75) is 35.6 Å². The van der Waals surface area contributed by atoms with Gasteiger partial charge in [0.05, 0.1) is 18.0 Å². The number of nitrogen functional groups attached to an aromatic ring is 1. The molecule has 1 saturated carbocycles. The molecule has 0 aromatic carbocycles. The average Bonchev–Trinajstić information content (AvgIpc) is 3.14. The first-order valence-electron chi connectivity index (χ1n) is 10.6. The summed E-state index contributed by atoms with van der Waals surface area (Å²) in [5.74, 6) is 0.313. The maximum Gasteiger partial charge on any atom is 0.232 e. The molecule has 10 heteroatoms. The zero-order valence-electron chi connectivity index (χ0n) is 18.3. The molecule has 0 amide bonds. The largest absolute Gasteiger partial charge is 0.611 e. The summed E-state index contributed by atoms with van der Waals surface area (Å²) in [7, 11) is 0. The van der Waals surface area contributed by atoms with Crippen molar-refractivity contribution in [3.8, 4) is 11.3 Å². The number of fused-ring (bicyclic) bond motifs is 1. The molecule has 0 spiro atoms. The van der Waals surface area contributed by atoms with Gasteiger partial charge in [-0.15, -0.1) is 0 Å². The molecular weight excluding hydrogens is 456 g/mol. The number of aliphatic imine (C=N–C) groups is 2. The van der Waals surface area contributed by atoms with Crippen molar-refractivity contribution in [1.29, 1.82) is 0 Å². The third-order valence-corrected chi connectivity index (χ3v) is 8.77. The van der Waals surface area contributed by atoms with E-state index in [1.54, 1.807) is 12.4 Å². The van der Waals surface area contributed by atoms with Gasteiger partial charge in [0.1, 0.15) is 15.8 Å². The van der Waals surface area contributed by atoms with Gasteiger partial charge in [-0.1, -0.05) is 17.4 Å². The number of pyridine rings is 2. The fourth-order valence-corrected chi connectivity index (χ4v) is 6.66. The molecule has 1 fully saturated rings. The number of nitrogens with two attached hydrogens (primary N) is 1. The summed E-state index contributed by atoms with van der Waals surface area (Å²) >= 11 is 0.261. The van der Waals surface area contributed by atoms with E-state index in [0.29, 0.717) is 28.1 Å². The molecule has 3 aromatic rings. The Bertz CT molecular complexity index is 1200. The SMILES string of the molecule is C=N/C(=N\C=C(/C)c1cc(-c2ccccn2)c2c(N)c([S+]([O-])C3CCC3)sc2n1)NCCO. The van der Waals surface area contributed by atoms with Crippen LogP contribution in [-0.2, 0) is 11.2 Å². The van der Waals surface area contributed by atoms with Crippen molar-refractivity contribution in [2.75, 3.05) is 18.9 Å². The van der Waals surface area contributed by atoms with Gasteiger partial charge in [-0.25, -0.2) is 15.0 Å². The molecule has 1 atom stereocenters. The van der Waals surface area contributed by atoms with Gasteiger partial charge in [-0.2, -0.15) is 0 Å². The van der Waals surface area contributed by atoms with E-state index in [1.165, 1.54) is 11.3 Å². The number of anilines is 1. The van der Waals surface area contributed by atoms with Crippen LogP contribution in [0.15, 0.2) is 50.9 Å². The van der Waals surface area contributed by atoms with Crippen molar-refractivity contribution in [2.24, 2.45) is 9.98 Å². The maximum absolute atomic E-state index is 13.1. The first-order valence-corrected chi connectivity index (χ1v) is 12.7. The van der Waals surface area contributed by atoms with Crippen LogP contribution in [0.4, 0.5) is 5.69 Å². The molecule has 3 aromatic heterocycles. The Hall–Kier alpha value is -2.79. The van der Waals surface area contributed by atoms with E-state index in [0.717, 1.165) is 46.3 Å². The smallest absolute Gasteiger partial charge is 0.232 e. The van der Waals surface area contributed by atoms with E-state index >= 15 is 0 Å². The summed E-state index contributed by atoms with van der Waals surface area (Å²) in [5, 5.41) is 12.8. The van der Waals surface area contributed by atoms with Gasteiger partial charge >= 0.3 is 0 Å². The minimum atomic E-state index is -1.13. The fraction of sp³-hybridized carbons (Fsp3) is 0.304. The number of hydrogen-bond acceptors (Lipinski definition) is 7.